The van der Waals surface area contributed by atoms with Crippen LogP contribution in [-0.2, 0) is 31.3 Å². The Morgan fingerprint density at radius 1 is 0.909 bits per heavy atom. The minimum Gasteiger partial charge on any atom is -0.325 e. The number of rotatable bonds is 8. The van der Waals surface area contributed by atoms with Gasteiger partial charge < -0.3 is 5.32 Å². The summed E-state index contributed by atoms with van der Waals surface area (Å²) in [6, 6.07) is 13.0. The minimum absolute atomic E-state index is 0.177. The second kappa shape index (κ2) is 10.7. The average Bonchev–Trinajstić information content (AvgIpc) is 3.07. The van der Waals surface area contributed by atoms with E-state index >= 15 is 0 Å². The molecule has 1 aliphatic heterocycles. The van der Waals surface area contributed by atoms with E-state index in [9.17, 15) is 21.6 Å². The van der Waals surface area contributed by atoms with Crippen molar-refractivity contribution in [2.75, 3.05) is 35.5 Å². The van der Waals surface area contributed by atoms with Crippen LogP contribution in [0.2, 0.25) is 0 Å². The number of nitrogens with one attached hydrogen (secondary N) is 1. The van der Waals surface area contributed by atoms with Crippen LogP contribution in [0.4, 0.5) is 11.4 Å². The van der Waals surface area contributed by atoms with Gasteiger partial charge in [0.05, 0.1) is 16.8 Å². The Kier molecular flexibility index (Phi) is 8.14. The Hall–Kier alpha value is -2.43. The molecule has 1 amide bonds. The number of carbonyl (C=O) groups is 1. The van der Waals surface area contributed by atoms with Crippen LogP contribution < -0.4 is 9.62 Å². The van der Waals surface area contributed by atoms with E-state index in [1.165, 1.54) is 28.6 Å². The quantitative estimate of drug-likeness (QED) is 0.608. The first-order valence-corrected chi connectivity index (χ1v) is 14.4. The average molecular weight is 494 g/mol. The third kappa shape index (κ3) is 6.55. The van der Waals surface area contributed by atoms with Gasteiger partial charge in [0.1, 0.15) is 6.54 Å². The first-order valence-electron chi connectivity index (χ1n) is 11.1. The number of benzene rings is 2. The van der Waals surface area contributed by atoms with Crippen LogP contribution in [0.1, 0.15) is 38.2 Å². The van der Waals surface area contributed by atoms with Crippen molar-refractivity contribution < 1.29 is 21.6 Å². The molecule has 3 rings (SSSR count). The third-order valence-corrected chi connectivity index (χ3v) is 8.71. The van der Waals surface area contributed by atoms with E-state index in [4.69, 9.17) is 0 Å². The van der Waals surface area contributed by atoms with Crippen molar-refractivity contribution >= 4 is 37.3 Å². The van der Waals surface area contributed by atoms with E-state index in [0.717, 1.165) is 48.2 Å². The van der Waals surface area contributed by atoms with E-state index in [2.05, 4.69) is 5.32 Å². The van der Waals surface area contributed by atoms with E-state index in [1.54, 1.807) is 12.1 Å². The van der Waals surface area contributed by atoms with Gasteiger partial charge in [0, 0.05) is 18.8 Å². The lowest BCUT2D eigenvalue weighted by Crippen LogP contribution is -2.37. The first-order chi connectivity index (χ1) is 15.6. The summed E-state index contributed by atoms with van der Waals surface area (Å²) in [5.74, 6) is -0.525. The summed E-state index contributed by atoms with van der Waals surface area (Å²) in [6.07, 6.45) is 5.64. The van der Waals surface area contributed by atoms with Gasteiger partial charge in [-0.3, -0.25) is 9.10 Å². The highest BCUT2D eigenvalue weighted by atomic mass is 32.2. The molecule has 1 N–H and O–H groups in total. The highest BCUT2D eigenvalue weighted by molar-refractivity contribution is 7.92. The van der Waals surface area contributed by atoms with Crippen molar-refractivity contribution in [1.29, 1.82) is 0 Å². The maximum atomic E-state index is 12.9. The maximum absolute atomic E-state index is 12.9. The SMILES string of the molecule is CCc1ccc(N(CC(=O)Nc2ccc(S(=O)(=O)N3CCCCCC3)cc2)S(C)(=O)=O)cc1. The molecule has 2 aromatic carbocycles. The molecular formula is C23H31N3O5S2. The molecule has 1 heterocycles. The molecule has 0 aromatic heterocycles. The summed E-state index contributed by atoms with van der Waals surface area (Å²) in [7, 11) is -7.26. The van der Waals surface area contributed by atoms with Gasteiger partial charge in [-0.15, -0.1) is 0 Å². The summed E-state index contributed by atoms with van der Waals surface area (Å²) in [5, 5.41) is 2.65. The number of hydrogen-bond donors (Lipinski definition) is 1. The van der Waals surface area contributed by atoms with Crippen molar-refractivity contribution in [3.05, 3.63) is 54.1 Å². The molecule has 0 saturated carbocycles. The maximum Gasteiger partial charge on any atom is 0.245 e. The van der Waals surface area contributed by atoms with Gasteiger partial charge in [0.2, 0.25) is 26.0 Å². The fourth-order valence-electron chi connectivity index (χ4n) is 3.77. The van der Waals surface area contributed by atoms with Crippen LogP contribution in [0.3, 0.4) is 0 Å². The second-order valence-corrected chi connectivity index (χ2v) is 12.0. The fraction of sp³-hybridized carbons (Fsp3) is 0.435. The number of carbonyl (C=O) groups excluding carboxylic acids is 1. The molecule has 1 fully saturated rings. The van der Waals surface area contributed by atoms with Gasteiger partial charge in [-0.05, 0) is 61.2 Å². The lowest BCUT2D eigenvalue weighted by molar-refractivity contribution is -0.114. The van der Waals surface area contributed by atoms with Gasteiger partial charge in [0.15, 0.2) is 0 Å². The topological polar surface area (TPSA) is 104 Å². The molecule has 10 heteroatoms. The molecule has 1 saturated heterocycles. The molecule has 8 nitrogen and oxygen atoms in total. The largest absolute Gasteiger partial charge is 0.325 e. The molecule has 0 bridgehead atoms. The van der Waals surface area contributed by atoms with Gasteiger partial charge >= 0.3 is 0 Å². The summed E-state index contributed by atoms with van der Waals surface area (Å²) < 4.78 is 52.9. The number of anilines is 2. The minimum atomic E-state index is -3.68. The van der Waals surface area contributed by atoms with Crippen LogP contribution in [0.25, 0.3) is 0 Å². The van der Waals surface area contributed by atoms with Crippen LogP contribution in [0.15, 0.2) is 53.4 Å². The van der Waals surface area contributed by atoms with Gasteiger partial charge in [-0.2, -0.15) is 4.31 Å². The molecular weight excluding hydrogens is 462 g/mol. The van der Waals surface area contributed by atoms with Crippen molar-refractivity contribution in [2.45, 2.75) is 43.9 Å². The van der Waals surface area contributed by atoms with Crippen molar-refractivity contribution in [3.63, 3.8) is 0 Å². The fourth-order valence-corrected chi connectivity index (χ4v) is 6.14. The number of sulfonamides is 2. The molecule has 0 atom stereocenters. The molecule has 0 radical (unpaired) electrons. The Morgan fingerprint density at radius 3 is 2.00 bits per heavy atom. The molecule has 33 heavy (non-hydrogen) atoms. The van der Waals surface area contributed by atoms with Gasteiger partial charge in [-0.1, -0.05) is 31.9 Å². The zero-order chi connectivity index (χ0) is 24.1. The molecule has 0 spiro atoms. The monoisotopic (exact) mass is 493 g/mol. The highest BCUT2D eigenvalue weighted by Crippen LogP contribution is 2.22. The van der Waals surface area contributed by atoms with Crippen molar-refractivity contribution in [2.24, 2.45) is 0 Å². The van der Waals surface area contributed by atoms with Crippen LogP contribution >= 0.6 is 0 Å². The number of aryl methyl sites for hydroxylation is 1. The van der Waals surface area contributed by atoms with Gasteiger partial charge in [0.25, 0.3) is 0 Å². The summed E-state index contributed by atoms with van der Waals surface area (Å²) in [6.45, 7) is 2.64. The molecule has 1 aliphatic rings. The lowest BCUT2D eigenvalue weighted by Gasteiger charge is -2.22. The molecule has 0 aliphatic carbocycles. The number of hydrogen-bond acceptors (Lipinski definition) is 5. The smallest absolute Gasteiger partial charge is 0.245 e. The summed E-state index contributed by atoms with van der Waals surface area (Å²) >= 11 is 0. The lowest BCUT2D eigenvalue weighted by atomic mass is 10.1. The standard InChI is InChI=1S/C23H31N3O5S2/c1-3-19-8-12-21(13-9-19)26(32(2,28)29)18-23(27)24-20-10-14-22(15-11-20)33(30,31)25-16-6-4-5-7-17-25/h8-15H,3-7,16-18H2,1-2H3,(H,24,27). The van der Waals surface area contributed by atoms with E-state index in [-0.39, 0.29) is 4.90 Å². The van der Waals surface area contributed by atoms with Gasteiger partial charge in [-0.25, -0.2) is 16.8 Å². The van der Waals surface area contributed by atoms with Crippen molar-refractivity contribution in [1.82, 2.24) is 4.31 Å². The number of nitrogens with zero attached hydrogens (tertiary/aromatic N) is 2. The predicted molar refractivity (Wildman–Crippen MR) is 130 cm³/mol. The van der Waals surface area contributed by atoms with E-state index in [0.29, 0.717) is 24.5 Å². The summed E-state index contributed by atoms with van der Waals surface area (Å²) in [4.78, 5) is 12.8. The second-order valence-electron chi connectivity index (χ2n) is 8.18. The zero-order valence-electron chi connectivity index (χ0n) is 19.0. The van der Waals surface area contributed by atoms with E-state index < -0.39 is 32.5 Å². The zero-order valence-corrected chi connectivity index (χ0v) is 20.7. The highest BCUT2D eigenvalue weighted by Gasteiger charge is 2.25. The molecule has 2 aromatic rings. The third-order valence-electron chi connectivity index (χ3n) is 5.66. The van der Waals surface area contributed by atoms with E-state index in [1.807, 2.05) is 19.1 Å². The molecule has 180 valence electrons. The Balaban J connectivity index is 1.70. The Morgan fingerprint density at radius 2 is 1.48 bits per heavy atom. The first kappa shape index (κ1) is 25.2. The Labute approximate surface area is 196 Å². The number of amides is 1. The van der Waals surface area contributed by atoms with Crippen LogP contribution in [0, 0.1) is 0 Å². The predicted octanol–water partition coefficient (Wildman–Crippen LogP) is 3.22. The normalized spacial score (nSPS) is 15.6. The Bertz CT molecular complexity index is 1150. The summed E-state index contributed by atoms with van der Waals surface area (Å²) in [5.41, 5.74) is 1.86. The van der Waals surface area contributed by atoms with Crippen LogP contribution in [0.5, 0.6) is 0 Å². The molecule has 0 unspecified atom stereocenters. The van der Waals surface area contributed by atoms with Crippen LogP contribution in [-0.4, -0.2) is 52.9 Å². The van der Waals surface area contributed by atoms with Crippen molar-refractivity contribution in [3.8, 4) is 0 Å².